The normalized spacial score (nSPS) is 12.9. The lowest BCUT2D eigenvalue weighted by Gasteiger charge is -2.15. The molecule has 27 heavy (non-hydrogen) atoms. The predicted molar refractivity (Wildman–Crippen MR) is 105 cm³/mol. The maximum absolute atomic E-state index is 11.7. The van der Waals surface area contributed by atoms with E-state index in [9.17, 15) is 9.36 Å². The maximum atomic E-state index is 11.7. The van der Waals surface area contributed by atoms with Crippen LogP contribution in [0.15, 0.2) is 0 Å². The Morgan fingerprint density at radius 3 is 1.70 bits per heavy atom. The number of phosphoric acid groups is 1. The van der Waals surface area contributed by atoms with Gasteiger partial charge in [0, 0.05) is 6.42 Å². The maximum Gasteiger partial charge on any atom is 0.469 e. The molecule has 0 rings (SSSR count). The molecule has 0 aromatic rings. The van der Waals surface area contributed by atoms with Crippen molar-refractivity contribution in [3.05, 3.63) is 0 Å². The van der Waals surface area contributed by atoms with E-state index in [0.717, 1.165) is 12.8 Å². The van der Waals surface area contributed by atoms with Crippen molar-refractivity contribution in [2.75, 3.05) is 13.2 Å². The molecule has 3 N–H and O–H groups in total. The highest BCUT2D eigenvalue weighted by molar-refractivity contribution is 7.46. The number of esters is 1. The molecule has 0 aliphatic heterocycles. The Morgan fingerprint density at radius 1 is 0.852 bits per heavy atom. The summed E-state index contributed by atoms with van der Waals surface area (Å²) >= 11 is 0. The number of hydrogen-bond donors (Lipinski definition) is 3. The van der Waals surface area contributed by atoms with E-state index in [1.165, 1.54) is 64.2 Å². The lowest BCUT2D eigenvalue weighted by atomic mass is 10.0. The molecule has 1 atom stereocenters. The third-order valence-corrected chi connectivity index (χ3v) is 4.90. The Balaban J connectivity index is 3.46. The summed E-state index contributed by atoms with van der Waals surface area (Å²) in [6.45, 7) is 1.18. The number of hydrogen-bond acceptors (Lipinski definition) is 5. The van der Waals surface area contributed by atoms with Gasteiger partial charge >= 0.3 is 13.8 Å². The molecule has 0 heterocycles. The molecular formula is C19H39O7P. The summed E-state index contributed by atoms with van der Waals surface area (Å²) in [4.78, 5) is 28.9. The molecule has 7 nitrogen and oxygen atoms in total. The molecule has 0 saturated carbocycles. The quantitative estimate of drug-likeness (QED) is 0.163. The molecule has 0 aromatic carbocycles. The van der Waals surface area contributed by atoms with E-state index in [-0.39, 0.29) is 6.42 Å². The SMILES string of the molecule is CCCCCCCCCCCCCCCC(=O)O[C@H](CO)COP(=O)(O)O. The average molecular weight is 410 g/mol. The number of ether oxygens (including phenoxy) is 1. The van der Waals surface area contributed by atoms with Gasteiger partial charge in [-0.1, -0.05) is 84.0 Å². The van der Waals surface area contributed by atoms with Crippen LogP contribution in [0, 0.1) is 0 Å². The number of carbonyl (C=O) groups is 1. The Kier molecular flexibility index (Phi) is 17.3. The van der Waals surface area contributed by atoms with Gasteiger partial charge in [-0.25, -0.2) is 4.57 Å². The summed E-state index contributed by atoms with van der Waals surface area (Å²) in [7, 11) is -4.63. The van der Waals surface area contributed by atoms with Crippen molar-refractivity contribution >= 4 is 13.8 Å². The standard InChI is InChI=1S/C19H39O7P/c1-2-3-4-5-6-7-8-9-10-11-12-13-14-15-19(21)26-18(16-20)17-25-27(22,23)24/h18,20H,2-17H2,1H3,(H2,22,23,24)/t18-/m1/s1. The minimum atomic E-state index is -4.63. The zero-order chi connectivity index (χ0) is 20.4. The first-order chi connectivity index (χ1) is 12.9. The average Bonchev–Trinajstić information content (AvgIpc) is 2.61. The first-order valence-electron chi connectivity index (χ1n) is 10.4. The number of rotatable bonds is 19. The van der Waals surface area contributed by atoms with Gasteiger partial charge in [0.2, 0.25) is 0 Å². The molecule has 0 aliphatic carbocycles. The van der Waals surface area contributed by atoms with Gasteiger partial charge in [0.15, 0.2) is 0 Å². The van der Waals surface area contributed by atoms with E-state index in [2.05, 4.69) is 11.4 Å². The minimum Gasteiger partial charge on any atom is -0.457 e. The van der Waals surface area contributed by atoms with Gasteiger partial charge in [-0.2, -0.15) is 0 Å². The van der Waals surface area contributed by atoms with E-state index in [4.69, 9.17) is 19.6 Å². The van der Waals surface area contributed by atoms with Crippen LogP contribution in [0.1, 0.15) is 96.8 Å². The van der Waals surface area contributed by atoms with Crippen molar-refractivity contribution in [1.29, 1.82) is 0 Å². The third-order valence-electron chi connectivity index (χ3n) is 4.41. The van der Waals surface area contributed by atoms with Crippen LogP contribution in [-0.4, -0.2) is 40.2 Å². The Labute approximate surface area is 164 Å². The Bertz CT molecular complexity index is 398. The fourth-order valence-electron chi connectivity index (χ4n) is 2.84. The highest BCUT2D eigenvalue weighted by Gasteiger charge is 2.20. The zero-order valence-electron chi connectivity index (χ0n) is 16.8. The Hall–Kier alpha value is -0.460. The lowest BCUT2D eigenvalue weighted by Crippen LogP contribution is -2.26. The topological polar surface area (TPSA) is 113 Å². The van der Waals surface area contributed by atoms with Gasteiger partial charge in [0.25, 0.3) is 0 Å². The first kappa shape index (κ1) is 26.5. The van der Waals surface area contributed by atoms with Crippen molar-refractivity contribution < 1.29 is 33.5 Å². The molecule has 0 aliphatic rings. The van der Waals surface area contributed by atoms with Crippen LogP contribution in [-0.2, 0) is 18.6 Å². The van der Waals surface area contributed by atoms with E-state index in [1.54, 1.807) is 0 Å². The number of aliphatic hydroxyl groups is 1. The van der Waals surface area contributed by atoms with E-state index < -0.39 is 33.1 Å². The van der Waals surface area contributed by atoms with Crippen molar-refractivity contribution in [1.82, 2.24) is 0 Å². The van der Waals surface area contributed by atoms with Crippen LogP contribution in [0.25, 0.3) is 0 Å². The molecule has 0 fully saturated rings. The zero-order valence-corrected chi connectivity index (χ0v) is 17.7. The molecular weight excluding hydrogens is 371 g/mol. The Morgan fingerprint density at radius 2 is 1.30 bits per heavy atom. The second-order valence-corrected chi connectivity index (χ2v) is 8.31. The number of aliphatic hydroxyl groups excluding tert-OH is 1. The van der Waals surface area contributed by atoms with Crippen LogP contribution in [0.3, 0.4) is 0 Å². The van der Waals surface area contributed by atoms with Crippen molar-refractivity contribution in [3.63, 3.8) is 0 Å². The summed E-state index contributed by atoms with van der Waals surface area (Å²) in [5, 5.41) is 9.05. The van der Waals surface area contributed by atoms with Crippen LogP contribution >= 0.6 is 7.82 Å². The van der Waals surface area contributed by atoms with Crippen LogP contribution in [0.2, 0.25) is 0 Å². The van der Waals surface area contributed by atoms with Gasteiger partial charge in [0.05, 0.1) is 13.2 Å². The molecule has 0 bridgehead atoms. The fourth-order valence-corrected chi connectivity index (χ4v) is 3.20. The molecule has 0 aromatic heterocycles. The molecule has 0 saturated heterocycles. The number of phosphoric ester groups is 1. The summed E-state index contributed by atoms with van der Waals surface area (Å²) in [6, 6.07) is 0. The van der Waals surface area contributed by atoms with Crippen LogP contribution in [0.4, 0.5) is 0 Å². The molecule has 0 spiro atoms. The van der Waals surface area contributed by atoms with E-state index >= 15 is 0 Å². The van der Waals surface area contributed by atoms with Crippen LogP contribution < -0.4 is 0 Å². The number of carbonyl (C=O) groups excluding carboxylic acids is 1. The monoisotopic (exact) mass is 410 g/mol. The lowest BCUT2D eigenvalue weighted by molar-refractivity contribution is -0.153. The number of unbranched alkanes of at least 4 members (excludes halogenated alkanes) is 12. The largest absolute Gasteiger partial charge is 0.469 e. The van der Waals surface area contributed by atoms with Gasteiger partial charge in [0.1, 0.15) is 6.10 Å². The van der Waals surface area contributed by atoms with Gasteiger partial charge in [-0.3, -0.25) is 9.32 Å². The first-order valence-corrected chi connectivity index (χ1v) is 11.9. The molecule has 0 amide bonds. The van der Waals surface area contributed by atoms with Crippen LogP contribution in [0.5, 0.6) is 0 Å². The second-order valence-electron chi connectivity index (χ2n) is 7.07. The second kappa shape index (κ2) is 17.6. The summed E-state index contributed by atoms with van der Waals surface area (Å²) in [5.74, 6) is -0.480. The molecule has 162 valence electrons. The summed E-state index contributed by atoms with van der Waals surface area (Å²) < 4.78 is 19.8. The van der Waals surface area contributed by atoms with Gasteiger partial charge < -0.3 is 19.6 Å². The minimum absolute atomic E-state index is 0.240. The van der Waals surface area contributed by atoms with Crippen molar-refractivity contribution in [2.24, 2.45) is 0 Å². The molecule has 8 heteroatoms. The smallest absolute Gasteiger partial charge is 0.457 e. The van der Waals surface area contributed by atoms with Gasteiger partial charge in [-0.05, 0) is 6.42 Å². The summed E-state index contributed by atoms with van der Waals surface area (Å²) in [6.07, 6.45) is 15.1. The molecule has 0 radical (unpaired) electrons. The highest BCUT2D eigenvalue weighted by Crippen LogP contribution is 2.35. The van der Waals surface area contributed by atoms with Crippen molar-refractivity contribution in [3.8, 4) is 0 Å². The van der Waals surface area contributed by atoms with Gasteiger partial charge in [-0.15, -0.1) is 0 Å². The van der Waals surface area contributed by atoms with Crippen molar-refractivity contribution in [2.45, 2.75) is 103 Å². The third kappa shape index (κ3) is 20.1. The highest BCUT2D eigenvalue weighted by atomic mass is 31.2. The molecule has 0 unspecified atom stereocenters. The van der Waals surface area contributed by atoms with E-state index in [0.29, 0.717) is 6.42 Å². The van der Waals surface area contributed by atoms with E-state index in [1.807, 2.05) is 0 Å². The fraction of sp³-hybridized carbons (Fsp3) is 0.947. The predicted octanol–water partition coefficient (Wildman–Crippen LogP) is 4.48. The summed E-state index contributed by atoms with van der Waals surface area (Å²) in [5.41, 5.74) is 0.